The molecule has 0 heterocycles. The quantitative estimate of drug-likeness (QED) is 0.396. The summed E-state index contributed by atoms with van der Waals surface area (Å²) in [7, 11) is 1.79. The first-order valence-electron chi connectivity index (χ1n) is 12.9. The predicted molar refractivity (Wildman–Crippen MR) is 132 cm³/mol. The smallest absolute Gasteiger partial charge is 0.127 e. The van der Waals surface area contributed by atoms with Crippen molar-refractivity contribution in [3.8, 4) is 16.9 Å². The molecule has 0 bridgehead atoms. The average Bonchev–Trinajstić information content (AvgIpc) is 3.24. The maximum absolute atomic E-state index is 15.2. The van der Waals surface area contributed by atoms with E-state index in [4.69, 9.17) is 9.47 Å². The second-order valence-electron chi connectivity index (χ2n) is 10.7. The van der Waals surface area contributed by atoms with Gasteiger partial charge in [-0.15, -0.1) is 0 Å². The molecule has 3 heteroatoms. The zero-order valence-corrected chi connectivity index (χ0v) is 20.4. The summed E-state index contributed by atoms with van der Waals surface area (Å²) in [5, 5.41) is 0. The Morgan fingerprint density at radius 1 is 0.909 bits per heavy atom. The molecule has 3 saturated carbocycles. The Labute approximate surface area is 198 Å². The standard InChI is InChI=1S/C30H37FO2/c1-30(2,29(32-3)21-11-7-12-21)22-17-18-27(33-23-13-4-5-14-23)25(19-22)24-15-8-16-26(31)28(24)20-9-6-10-20/h8,15-20,23H,4-7,9-14H2,1-3H3. The summed E-state index contributed by atoms with van der Waals surface area (Å²) < 4.78 is 27.7. The minimum atomic E-state index is -0.255. The number of ether oxygens (including phenoxy) is 2. The van der Waals surface area contributed by atoms with Crippen molar-refractivity contribution in [2.24, 2.45) is 0 Å². The molecular formula is C30H37FO2. The number of rotatable bonds is 7. The molecule has 0 N–H and O–H groups in total. The predicted octanol–water partition coefficient (Wildman–Crippen LogP) is 8.44. The van der Waals surface area contributed by atoms with Crippen LogP contribution in [0.5, 0.6) is 5.75 Å². The van der Waals surface area contributed by atoms with Gasteiger partial charge in [0.1, 0.15) is 17.3 Å². The summed E-state index contributed by atoms with van der Waals surface area (Å²) in [4.78, 5) is 0. The topological polar surface area (TPSA) is 18.5 Å². The Kier molecular flexibility index (Phi) is 6.24. The molecule has 0 aromatic heterocycles. The van der Waals surface area contributed by atoms with E-state index in [1.165, 1.54) is 36.8 Å². The maximum Gasteiger partial charge on any atom is 0.127 e. The van der Waals surface area contributed by atoms with E-state index >= 15 is 4.39 Å². The first-order valence-corrected chi connectivity index (χ1v) is 12.9. The van der Waals surface area contributed by atoms with Gasteiger partial charge >= 0.3 is 0 Å². The molecule has 176 valence electrons. The third kappa shape index (κ3) is 4.20. The van der Waals surface area contributed by atoms with E-state index in [0.29, 0.717) is 5.92 Å². The third-order valence-electron chi connectivity index (χ3n) is 8.20. The molecule has 3 aliphatic carbocycles. The van der Waals surface area contributed by atoms with Gasteiger partial charge in [-0.05, 0) is 118 Å². The number of benzene rings is 2. The summed E-state index contributed by atoms with van der Waals surface area (Å²) >= 11 is 0. The minimum Gasteiger partial charge on any atom is -0.500 e. The zero-order chi connectivity index (χ0) is 23.0. The second kappa shape index (κ2) is 9.16. The first kappa shape index (κ1) is 22.5. The Hall–Kier alpha value is -2.29. The van der Waals surface area contributed by atoms with Crippen molar-refractivity contribution in [3.63, 3.8) is 0 Å². The largest absolute Gasteiger partial charge is 0.500 e. The van der Waals surface area contributed by atoms with Crippen LogP contribution < -0.4 is 4.74 Å². The summed E-state index contributed by atoms with van der Waals surface area (Å²) in [6.07, 6.45) is 11.7. The Balaban J connectivity index is 1.63. The number of allylic oxidation sites excluding steroid dienone is 2. The molecule has 33 heavy (non-hydrogen) atoms. The van der Waals surface area contributed by atoms with Gasteiger partial charge in [-0.3, -0.25) is 0 Å². The van der Waals surface area contributed by atoms with Gasteiger partial charge in [0.15, 0.2) is 0 Å². The zero-order valence-electron chi connectivity index (χ0n) is 20.4. The van der Waals surface area contributed by atoms with E-state index in [9.17, 15) is 0 Å². The van der Waals surface area contributed by atoms with Crippen molar-refractivity contribution in [2.75, 3.05) is 7.11 Å². The summed E-state index contributed by atoms with van der Waals surface area (Å²) in [6, 6.07) is 12.1. The lowest BCUT2D eigenvalue weighted by Gasteiger charge is -2.34. The van der Waals surface area contributed by atoms with Crippen LogP contribution in [-0.2, 0) is 10.2 Å². The van der Waals surface area contributed by atoms with Crippen molar-refractivity contribution in [1.29, 1.82) is 0 Å². The van der Waals surface area contributed by atoms with Crippen LogP contribution in [0.2, 0.25) is 0 Å². The van der Waals surface area contributed by atoms with E-state index in [2.05, 4.69) is 38.1 Å². The summed E-state index contributed by atoms with van der Waals surface area (Å²) in [6.45, 7) is 4.48. The second-order valence-corrected chi connectivity index (χ2v) is 10.7. The molecule has 2 aromatic rings. The fraction of sp³-hybridized carbons (Fsp3) is 0.533. The summed E-state index contributed by atoms with van der Waals surface area (Å²) in [5.74, 6) is 2.21. The van der Waals surface area contributed by atoms with E-state index < -0.39 is 0 Å². The van der Waals surface area contributed by atoms with E-state index in [0.717, 1.165) is 66.7 Å². The van der Waals surface area contributed by atoms with Crippen LogP contribution in [0, 0.1) is 5.82 Å². The van der Waals surface area contributed by atoms with Crippen LogP contribution in [0.15, 0.2) is 47.7 Å². The molecule has 0 unspecified atom stereocenters. The third-order valence-corrected chi connectivity index (χ3v) is 8.20. The highest BCUT2D eigenvalue weighted by Gasteiger charge is 2.33. The van der Waals surface area contributed by atoms with Crippen LogP contribution in [0.25, 0.3) is 11.1 Å². The lowest BCUT2D eigenvalue weighted by Crippen LogP contribution is -2.25. The van der Waals surface area contributed by atoms with Gasteiger partial charge < -0.3 is 9.47 Å². The van der Waals surface area contributed by atoms with Gasteiger partial charge in [0.05, 0.1) is 13.2 Å². The van der Waals surface area contributed by atoms with Crippen LogP contribution in [0.4, 0.5) is 4.39 Å². The lowest BCUT2D eigenvalue weighted by atomic mass is 9.74. The molecule has 0 saturated heterocycles. The highest BCUT2D eigenvalue weighted by atomic mass is 19.1. The lowest BCUT2D eigenvalue weighted by molar-refractivity contribution is 0.210. The average molecular weight is 449 g/mol. The van der Waals surface area contributed by atoms with Crippen LogP contribution in [-0.4, -0.2) is 13.2 Å². The maximum atomic E-state index is 15.2. The molecule has 0 amide bonds. The Morgan fingerprint density at radius 2 is 1.67 bits per heavy atom. The number of hydrogen-bond donors (Lipinski definition) is 0. The number of halogens is 1. The Bertz CT molecular complexity index is 1040. The molecule has 2 nitrogen and oxygen atoms in total. The van der Waals surface area contributed by atoms with Gasteiger partial charge in [0.25, 0.3) is 0 Å². The molecule has 0 radical (unpaired) electrons. The molecule has 0 spiro atoms. The van der Waals surface area contributed by atoms with E-state index in [1.807, 2.05) is 6.07 Å². The normalized spacial score (nSPS) is 19.2. The monoisotopic (exact) mass is 448 g/mol. The van der Waals surface area contributed by atoms with Crippen molar-refractivity contribution in [2.45, 2.75) is 95.5 Å². The molecular weight excluding hydrogens is 411 g/mol. The van der Waals surface area contributed by atoms with Gasteiger partial charge in [-0.2, -0.15) is 0 Å². The van der Waals surface area contributed by atoms with Crippen molar-refractivity contribution in [3.05, 3.63) is 64.7 Å². The van der Waals surface area contributed by atoms with Gasteiger partial charge in [-0.25, -0.2) is 4.39 Å². The van der Waals surface area contributed by atoms with E-state index in [1.54, 1.807) is 13.2 Å². The highest BCUT2D eigenvalue weighted by Crippen LogP contribution is 2.47. The van der Waals surface area contributed by atoms with Gasteiger partial charge in [0.2, 0.25) is 0 Å². The minimum absolute atomic E-state index is 0.0807. The molecule has 3 aliphatic rings. The Morgan fingerprint density at radius 3 is 2.27 bits per heavy atom. The van der Waals surface area contributed by atoms with Crippen molar-refractivity contribution >= 4 is 0 Å². The molecule has 2 aromatic carbocycles. The first-order chi connectivity index (χ1) is 16.0. The molecule has 5 rings (SSSR count). The highest BCUT2D eigenvalue weighted by molar-refractivity contribution is 5.75. The van der Waals surface area contributed by atoms with Gasteiger partial charge in [0, 0.05) is 11.0 Å². The molecule has 0 atom stereocenters. The number of hydrogen-bond acceptors (Lipinski definition) is 2. The fourth-order valence-corrected chi connectivity index (χ4v) is 5.85. The van der Waals surface area contributed by atoms with Crippen LogP contribution >= 0.6 is 0 Å². The van der Waals surface area contributed by atoms with E-state index in [-0.39, 0.29) is 17.3 Å². The van der Waals surface area contributed by atoms with Crippen LogP contribution in [0.1, 0.15) is 95.1 Å². The van der Waals surface area contributed by atoms with Crippen molar-refractivity contribution < 1.29 is 13.9 Å². The SMILES string of the molecule is COC(=C1CCC1)C(C)(C)c1ccc(OC2CCCC2)c(-c2cccc(F)c2C2CCC2)c1. The number of methoxy groups -OCH3 is 1. The summed E-state index contributed by atoms with van der Waals surface area (Å²) in [5.41, 5.74) is 5.27. The molecule has 0 aliphatic heterocycles. The van der Waals surface area contributed by atoms with Crippen LogP contribution in [0.3, 0.4) is 0 Å². The fourth-order valence-electron chi connectivity index (χ4n) is 5.85. The van der Waals surface area contributed by atoms with Crippen molar-refractivity contribution in [1.82, 2.24) is 0 Å². The van der Waals surface area contributed by atoms with Gasteiger partial charge in [-0.1, -0.05) is 24.6 Å². The molecule has 3 fully saturated rings.